The van der Waals surface area contributed by atoms with Crippen molar-refractivity contribution in [3.63, 3.8) is 0 Å². The van der Waals surface area contributed by atoms with Gasteiger partial charge in [-0.05, 0) is 52.7 Å². The SMILES string of the molecule is Cc1cc(C)cc(C(=O)N2CCCC(C(=O)N(C)CC(C)(C)O)C2)c1. The highest BCUT2D eigenvalue weighted by atomic mass is 16.3. The van der Waals surface area contributed by atoms with Crippen molar-refractivity contribution in [2.24, 2.45) is 5.92 Å². The van der Waals surface area contributed by atoms with Crippen LogP contribution in [0, 0.1) is 19.8 Å². The summed E-state index contributed by atoms with van der Waals surface area (Å²) in [4.78, 5) is 28.9. The lowest BCUT2D eigenvalue weighted by atomic mass is 9.95. The molecule has 0 aromatic heterocycles. The summed E-state index contributed by atoms with van der Waals surface area (Å²) in [7, 11) is 1.71. The second kappa shape index (κ2) is 7.56. The van der Waals surface area contributed by atoms with Gasteiger partial charge in [0.1, 0.15) is 0 Å². The van der Waals surface area contributed by atoms with Gasteiger partial charge in [-0.15, -0.1) is 0 Å². The number of hydrogen-bond acceptors (Lipinski definition) is 3. The van der Waals surface area contributed by atoms with Crippen molar-refractivity contribution < 1.29 is 14.7 Å². The molecule has 2 amide bonds. The minimum absolute atomic E-state index is 0.0000442. The van der Waals surface area contributed by atoms with Gasteiger partial charge in [-0.1, -0.05) is 17.2 Å². The molecule has 5 nitrogen and oxygen atoms in total. The van der Waals surface area contributed by atoms with Gasteiger partial charge in [0.25, 0.3) is 5.91 Å². The molecule has 1 aliphatic rings. The Hall–Kier alpha value is -1.88. The van der Waals surface area contributed by atoms with Gasteiger partial charge in [-0.2, -0.15) is 0 Å². The van der Waals surface area contributed by atoms with E-state index in [1.807, 2.05) is 32.0 Å². The van der Waals surface area contributed by atoms with E-state index in [0.29, 0.717) is 18.7 Å². The lowest BCUT2D eigenvalue weighted by Gasteiger charge is -2.35. The average molecular weight is 346 g/mol. The number of aliphatic hydroxyl groups is 1. The van der Waals surface area contributed by atoms with Crippen molar-refractivity contribution in [2.75, 3.05) is 26.7 Å². The Morgan fingerprint density at radius 3 is 2.40 bits per heavy atom. The molecule has 1 heterocycles. The third kappa shape index (κ3) is 5.30. The fourth-order valence-corrected chi connectivity index (χ4v) is 3.61. The second-order valence-corrected chi connectivity index (χ2v) is 7.97. The number of carbonyl (C=O) groups is 2. The number of amides is 2. The third-order valence-electron chi connectivity index (χ3n) is 4.53. The van der Waals surface area contributed by atoms with E-state index >= 15 is 0 Å². The number of rotatable bonds is 4. The lowest BCUT2D eigenvalue weighted by Crippen LogP contribution is -2.48. The Labute approximate surface area is 150 Å². The second-order valence-electron chi connectivity index (χ2n) is 7.97. The predicted molar refractivity (Wildman–Crippen MR) is 98.5 cm³/mol. The molecule has 1 fully saturated rings. The van der Waals surface area contributed by atoms with Crippen LogP contribution in [0.25, 0.3) is 0 Å². The average Bonchev–Trinajstić information content (AvgIpc) is 2.51. The summed E-state index contributed by atoms with van der Waals surface area (Å²) < 4.78 is 0. The Kier molecular flexibility index (Phi) is 5.88. The third-order valence-corrected chi connectivity index (χ3v) is 4.53. The van der Waals surface area contributed by atoms with Crippen LogP contribution >= 0.6 is 0 Å². The Bertz CT molecular complexity index is 629. The van der Waals surface area contributed by atoms with Gasteiger partial charge in [0.05, 0.1) is 11.5 Å². The first-order valence-electron chi connectivity index (χ1n) is 8.92. The van der Waals surface area contributed by atoms with Crippen LogP contribution in [0.1, 0.15) is 48.2 Å². The van der Waals surface area contributed by atoms with E-state index in [2.05, 4.69) is 0 Å². The van der Waals surface area contributed by atoms with Gasteiger partial charge in [-0.25, -0.2) is 0 Å². The number of benzene rings is 1. The molecule has 0 spiro atoms. The summed E-state index contributed by atoms with van der Waals surface area (Å²) in [5.74, 6) is -0.203. The van der Waals surface area contributed by atoms with E-state index < -0.39 is 5.60 Å². The summed E-state index contributed by atoms with van der Waals surface area (Å²) in [6, 6.07) is 5.85. The maximum absolute atomic E-state index is 12.8. The molecule has 1 aromatic carbocycles. The fourth-order valence-electron chi connectivity index (χ4n) is 3.61. The van der Waals surface area contributed by atoms with E-state index in [0.717, 1.165) is 24.0 Å². The van der Waals surface area contributed by atoms with Crippen molar-refractivity contribution in [2.45, 2.75) is 46.1 Å². The van der Waals surface area contributed by atoms with E-state index in [-0.39, 0.29) is 24.3 Å². The largest absolute Gasteiger partial charge is 0.389 e. The quantitative estimate of drug-likeness (QED) is 0.910. The minimum Gasteiger partial charge on any atom is -0.389 e. The zero-order chi connectivity index (χ0) is 18.8. The summed E-state index contributed by atoms with van der Waals surface area (Å²) in [5, 5.41) is 9.92. The van der Waals surface area contributed by atoms with Gasteiger partial charge in [-0.3, -0.25) is 9.59 Å². The number of aryl methyl sites for hydroxylation is 2. The zero-order valence-corrected chi connectivity index (χ0v) is 16.0. The molecule has 0 aliphatic carbocycles. The molecule has 2 rings (SSSR count). The Morgan fingerprint density at radius 2 is 1.84 bits per heavy atom. The molecule has 1 aliphatic heterocycles. The first kappa shape index (κ1) is 19.4. The number of piperidine rings is 1. The van der Waals surface area contributed by atoms with E-state index in [9.17, 15) is 14.7 Å². The highest BCUT2D eigenvalue weighted by Crippen LogP contribution is 2.22. The van der Waals surface area contributed by atoms with Crippen molar-refractivity contribution >= 4 is 11.8 Å². The normalized spacial score (nSPS) is 18.2. The van der Waals surface area contributed by atoms with Crippen molar-refractivity contribution in [3.05, 3.63) is 34.9 Å². The van der Waals surface area contributed by atoms with Crippen LogP contribution in [-0.2, 0) is 4.79 Å². The molecular weight excluding hydrogens is 316 g/mol. The number of likely N-dealkylation sites (N-methyl/N-ethyl adjacent to an activating group) is 1. The first-order valence-corrected chi connectivity index (χ1v) is 8.92. The van der Waals surface area contributed by atoms with Crippen LogP contribution in [0.3, 0.4) is 0 Å². The van der Waals surface area contributed by atoms with Crippen LogP contribution in [0.2, 0.25) is 0 Å². The van der Waals surface area contributed by atoms with E-state index in [4.69, 9.17) is 0 Å². The Morgan fingerprint density at radius 1 is 1.24 bits per heavy atom. The minimum atomic E-state index is -0.923. The van der Waals surface area contributed by atoms with Crippen molar-refractivity contribution in [3.8, 4) is 0 Å². The lowest BCUT2D eigenvalue weighted by molar-refractivity contribution is -0.138. The summed E-state index contributed by atoms with van der Waals surface area (Å²) in [6.07, 6.45) is 1.61. The summed E-state index contributed by atoms with van der Waals surface area (Å²) in [6.45, 7) is 8.76. The Balaban J connectivity index is 2.07. The number of likely N-dealkylation sites (tertiary alicyclic amines) is 1. The van der Waals surface area contributed by atoms with Gasteiger partial charge in [0.2, 0.25) is 5.91 Å². The summed E-state index contributed by atoms with van der Waals surface area (Å²) in [5.41, 5.74) is 1.90. The molecule has 0 bridgehead atoms. The molecule has 1 saturated heterocycles. The van der Waals surface area contributed by atoms with E-state index in [1.54, 1.807) is 30.7 Å². The molecule has 25 heavy (non-hydrogen) atoms. The van der Waals surface area contributed by atoms with Gasteiger partial charge >= 0.3 is 0 Å². The first-order chi connectivity index (χ1) is 11.6. The molecule has 5 heteroatoms. The zero-order valence-electron chi connectivity index (χ0n) is 16.0. The van der Waals surface area contributed by atoms with Crippen LogP contribution in [0.15, 0.2) is 18.2 Å². The van der Waals surface area contributed by atoms with E-state index in [1.165, 1.54) is 0 Å². The standard InChI is InChI=1S/C20H30N2O3/c1-14-9-15(2)11-17(10-14)19(24)22-8-6-7-16(12-22)18(23)21(5)13-20(3,4)25/h9-11,16,25H,6-8,12-13H2,1-5H3. The molecular formula is C20H30N2O3. The number of nitrogens with zero attached hydrogens (tertiary/aromatic N) is 2. The molecule has 1 N–H and O–H groups in total. The number of carbonyl (C=O) groups excluding carboxylic acids is 2. The monoisotopic (exact) mass is 346 g/mol. The van der Waals surface area contributed by atoms with Crippen molar-refractivity contribution in [1.29, 1.82) is 0 Å². The van der Waals surface area contributed by atoms with Gasteiger partial charge in [0.15, 0.2) is 0 Å². The van der Waals surface area contributed by atoms with Gasteiger partial charge < -0.3 is 14.9 Å². The molecule has 0 radical (unpaired) electrons. The van der Waals surface area contributed by atoms with Crippen LogP contribution in [0.5, 0.6) is 0 Å². The van der Waals surface area contributed by atoms with Crippen molar-refractivity contribution in [1.82, 2.24) is 9.80 Å². The summed E-state index contributed by atoms with van der Waals surface area (Å²) >= 11 is 0. The predicted octanol–water partition coefficient (Wildman–Crippen LogP) is 2.38. The molecule has 138 valence electrons. The fraction of sp³-hybridized carbons (Fsp3) is 0.600. The highest BCUT2D eigenvalue weighted by molar-refractivity contribution is 5.95. The smallest absolute Gasteiger partial charge is 0.253 e. The maximum Gasteiger partial charge on any atom is 0.253 e. The molecule has 1 atom stereocenters. The highest BCUT2D eigenvalue weighted by Gasteiger charge is 2.32. The maximum atomic E-state index is 12.8. The molecule has 1 aromatic rings. The van der Waals surface area contributed by atoms with Crippen LogP contribution in [0.4, 0.5) is 0 Å². The number of hydrogen-bond donors (Lipinski definition) is 1. The molecule has 1 unspecified atom stereocenters. The van der Waals surface area contributed by atoms with Gasteiger partial charge in [0, 0.05) is 32.2 Å². The topological polar surface area (TPSA) is 60.9 Å². The van der Waals surface area contributed by atoms with Crippen LogP contribution < -0.4 is 0 Å². The molecule has 0 saturated carbocycles. The van der Waals surface area contributed by atoms with Crippen LogP contribution in [-0.4, -0.2) is 59.0 Å².